The van der Waals surface area contributed by atoms with Gasteiger partial charge in [-0.2, -0.15) is 0 Å². The fraction of sp³-hybridized carbons (Fsp3) is 0.571. The van der Waals surface area contributed by atoms with Crippen LogP contribution in [0.4, 0.5) is 0 Å². The Hall–Kier alpha value is -0.139. The summed E-state index contributed by atoms with van der Waals surface area (Å²) < 4.78 is 5.40. The van der Waals surface area contributed by atoms with Crippen molar-refractivity contribution in [3.63, 3.8) is 0 Å². The van der Waals surface area contributed by atoms with E-state index < -0.39 is 8.56 Å². The Labute approximate surface area is 80.9 Å². The van der Waals surface area contributed by atoms with Gasteiger partial charge < -0.3 is 4.43 Å². The van der Waals surface area contributed by atoms with Gasteiger partial charge in [0.25, 0.3) is 0 Å². The molecule has 0 aliphatic rings. The predicted molar refractivity (Wildman–Crippen MR) is 61.6 cm³/mol. The van der Waals surface area contributed by atoms with Gasteiger partial charge in [0.1, 0.15) is 0 Å². The van der Waals surface area contributed by atoms with Crippen LogP contribution in [0.3, 0.4) is 0 Å². The molecule has 1 atom stereocenters. The zero-order chi connectivity index (χ0) is 9.56. The maximum absolute atomic E-state index is 11.1. The Kier molecular flexibility index (Phi) is 6.31. The van der Waals surface area contributed by atoms with Crippen molar-refractivity contribution < 1.29 is 9.22 Å². The normalized spacial score (nSPS) is 13.5. The van der Waals surface area contributed by atoms with Gasteiger partial charge in [-0.3, -0.25) is 0 Å². The van der Waals surface area contributed by atoms with Crippen LogP contribution in [0.15, 0.2) is 12.2 Å². The van der Waals surface area contributed by atoms with E-state index in [-0.39, 0.29) is 14.5 Å². The van der Waals surface area contributed by atoms with Crippen molar-refractivity contribution >= 4 is 32.8 Å². The molecule has 70 valence electrons. The molecule has 0 aromatic carbocycles. The molecule has 0 bridgehead atoms. The van der Waals surface area contributed by atoms with Gasteiger partial charge in [0.15, 0.2) is 0 Å². The number of rotatable bonds is 5. The zero-order valence-electron chi connectivity index (χ0n) is 8.22. The van der Waals surface area contributed by atoms with Gasteiger partial charge in [0.05, 0.1) is 0 Å². The molecule has 0 amide bonds. The minimum Gasteiger partial charge on any atom is -0.523 e. The fourth-order valence-corrected chi connectivity index (χ4v) is 11.3. The average Bonchev–Trinajstić information content (AvgIpc) is 2.03. The predicted octanol–water partition coefficient (Wildman–Crippen LogP) is -0.815. The molecule has 0 aromatic rings. The molecule has 0 aliphatic heterocycles. The summed E-state index contributed by atoms with van der Waals surface area (Å²) in [4.78, 5) is 11.1. The van der Waals surface area contributed by atoms with Crippen LogP contribution in [0.2, 0.25) is 6.04 Å². The highest BCUT2D eigenvalue weighted by Crippen LogP contribution is 2.00. The van der Waals surface area contributed by atoms with E-state index >= 15 is 0 Å². The van der Waals surface area contributed by atoms with Crippen molar-refractivity contribution in [3.05, 3.63) is 12.2 Å². The molecule has 5 heteroatoms. The molecule has 0 spiro atoms. The summed E-state index contributed by atoms with van der Waals surface area (Å²) in [5.74, 6) is -0.150. The zero-order valence-corrected chi connectivity index (χ0v) is 12.8. The molecule has 0 saturated heterocycles. The molecule has 12 heavy (non-hydrogen) atoms. The first-order chi connectivity index (χ1) is 5.61. The average molecular weight is 218 g/mol. The first-order valence-electron chi connectivity index (χ1n) is 4.48. The highest BCUT2D eigenvalue weighted by molar-refractivity contribution is 7.29. The topological polar surface area (TPSA) is 26.3 Å². The molecule has 1 unspecified atom stereocenters. The number of hydrogen-bond donors (Lipinski definition) is 0. The third-order valence-corrected chi connectivity index (χ3v) is 17.0. The monoisotopic (exact) mass is 218 g/mol. The molecule has 0 saturated carbocycles. The second-order valence-electron chi connectivity index (χ2n) is 3.00. The third-order valence-electron chi connectivity index (χ3n) is 1.69. The summed E-state index contributed by atoms with van der Waals surface area (Å²) in [5, 5.41) is 0. The van der Waals surface area contributed by atoms with Crippen LogP contribution in [0.5, 0.6) is 0 Å². The van der Waals surface area contributed by atoms with Crippen molar-refractivity contribution in [2.45, 2.75) is 26.3 Å². The molecule has 0 radical (unpaired) electrons. The number of carbonyl (C=O) groups excluding carboxylic acids is 1. The van der Waals surface area contributed by atoms with Gasteiger partial charge in [-0.15, -0.1) is 0 Å². The van der Waals surface area contributed by atoms with Crippen LogP contribution in [0, 0.1) is 0 Å². The number of hydrogen-bond acceptors (Lipinski definition) is 2. The summed E-state index contributed by atoms with van der Waals surface area (Å²) in [6, 6.07) is 1.18. The Bertz CT molecular complexity index is 170. The van der Waals surface area contributed by atoms with Crippen molar-refractivity contribution in [1.29, 1.82) is 0 Å². The van der Waals surface area contributed by atoms with Gasteiger partial charge in [-0.05, 0) is 22.7 Å². The second-order valence-corrected chi connectivity index (χ2v) is 18.4. The molecule has 0 aromatic heterocycles. The summed E-state index contributed by atoms with van der Waals surface area (Å²) in [6.07, 6.45) is 1.16. The molecule has 0 aliphatic carbocycles. The molecule has 0 N–H and O–H groups in total. The maximum Gasteiger partial charge on any atom is 0.319 e. The first kappa shape index (κ1) is 11.9. The summed E-state index contributed by atoms with van der Waals surface area (Å²) in [5.41, 5.74) is 0.549. The van der Waals surface area contributed by atoms with Crippen LogP contribution < -0.4 is 0 Å². The minimum atomic E-state index is -1.04. The van der Waals surface area contributed by atoms with Crippen molar-refractivity contribution in [2.75, 3.05) is 0 Å². The van der Waals surface area contributed by atoms with E-state index in [1.54, 1.807) is 6.92 Å². The largest absolute Gasteiger partial charge is 0.523 e. The Morgan fingerprint density at radius 1 is 1.75 bits per heavy atom. The van der Waals surface area contributed by atoms with Gasteiger partial charge in [0.2, 0.25) is 8.56 Å². The van der Waals surface area contributed by atoms with Gasteiger partial charge in [-0.1, -0.05) is 19.9 Å². The Morgan fingerprint density at radius 2 is 2.33 bits per heavy atom. The summed E-state index contributed by atoms with van der Waals surface area (Å²) >= 11 is 0. The molecular weight excluding hydrogens is 200 g/mol. The van der Waals surface area contributed by atoms with Crippen molar-refractivity contribution in [1.82, 2.24) is 0 Å². The second kappa shape index (κ2) is 6.38. The highest BCUT2D eigenvalue weighted by Gasteiger charge is 2.13. The van der Waals surface area contributed by atoms with E-state index in [1.807, 2.05) is 0 Å². The van der Waals surface area contributed by atoms with Crippen molar-refractivity contribution in [3.8, 4) is 0 Å². The maximum atomic E-state index is 11.1. The van der Waals surface area contributed by atoms with Gasteiger partial charge >= 0.3 is 5.97 Å². The lowest BCUT2D eigenvalue weighted by Crippen LogP contribution is -2.30. The molecule has 0 rings (SSSR count). The van der Waals surface area contributed by atoms with E-state index in [0.717, 1.165) is 6.42 Å². The molecular formula is C7H18O2Si3. The smallest absolute Gasteiger partial charge is 0.319 e. The first-order valence-corrected chi connectivity index (χ1v) is 14.7. The van der Waals surface area contributed by atoms with E-state index in [1.165, 1.54) is 15.8 Å². The summed E-state index contributed by atoms with van der Waals surface area (Å²) in [6.45, 7) is 7.45. The van der Waals surface area contributed by atoms with Crippen molar-refractivity contribution in [2.24, 2.45) is 0 Å². The fourth-order valence-electron chi connectivity index (χ4n) is 0.920. The number of carbonyl (C=O) groups is 1. The van der Waals surface area contributed by atoms with Crippen LogP contribution in [-0.4, -0.2) is 32.8 Å². The molecule has 0 heterocycles. The quantitative estimate of drug-likeness (QED) is 0.445. The van der Waals surface area contributed by atoms with Gasteiger partial charge in [-0.25, -0.2) is 4.79 Å². The Balaban J connectivity index is 3.85. The molecule has 0 fully saturated rings. The molecule has 2 nitrogen and oxygen atoms in total. The van der Waals surface area contributed by atoms with E-state index in [2.05, 4.69) is 13.5 Å². The lowest BCUT2D eigenvalue weighted by atomic mass is 10.4. The van der Waals surface area contributed by atoms with E-state index in [9.17, 15) is 4.79 Å². The lowest BCUT2D eigenvalue weighted by molar-refractivity contribution is -0.130. The van der Waals surface area contributed by atoms with Crippen LogP contribution in [0.1, 0.15) is 20.3 Å². The van der Waals surface area contributed by atoms with Crippen LogP contribution in [-0.2, 0) is 9.22 Å². The highest BCUT2D eigenvalue weighted by atomic mass is 29.5. The lowest BCUT2D eigenvalue weighted by Gasteiger charge is -2.13. The van der Waals surface area contributed by atoms with Gasteiger partial charge in [0, 0.05) is 14.1 Å². The SMILES string of the molecule is C=C(C)C(=O)O[SiH](CCC)[SiH2][SiH3]. The summed E-state index contributed by atoms with van der Waals surface area (Å²) in [7, 11) is 0.281. The van der Waals surface area contributed by atoms with E-state index in [4.69, 9.17) is 4.43 Å². The van der Waals surface area contributed by atoms with Crippen LogP contribution in [0.25, 0.3) is 0 Å². The minimum absolute atomic E-state index is 0.0358. The van der Waals surface area contributed by atoms with E-state index in [0.29, 0.717) is 5.57 Å². The standard InChI is InChI=1S/C7H18O2Si3/c1-4-5-12(11-10)9-7(8)6(2)3/h12H,2,4-5,11H2,1,3,10H3. The van der Waals surface area contributed by atoms with Crippen LogP contribution >= 0.6 is 0 Å². The third kappa shape index (κ3) is 4.68. The Morgan fingerprint density at radius 3 is 2.67 bits per heavy atom.